The van der Waals surface area contributed by atoms with E-state index in [0.717, 1.165) is 5.56 Å². The molecule has 2 amide bonds. The van der Waals surface area contributed by atoms with Crippen molar-refractivity contribution < 1.29 is 24.2 Å². The molecule has 8 heteroatoms. The SMILES string of the molecule is C[C@H](NC(=O)C(=O)N/N=C\c1ccccc1OCC(=O)[O-])c1ccccc1. The van der Waals surface area contributed by atoms with Crippen LogP contribution >= 0.6 is 0 Å². The Bertz CT molecular complexity index is 836. The molecule has 0 aromatic heterocycles. The Labute approximate surface area is 155 Å². The van der Waals surface area contributed by atoms with Crippen LogP contribution in [0.25, 0.3) is 0 Å². The second-order valence-electron chi connectivity index (χ2n) is 5.50. The van der Waals surface area contributed by atoms with E-state index in [2.05, 4.69) is 15.8 Å². The van der Waals surface area contributed by atoms with Gasteiger partial charge in [-0.3, -0.25) is 9.59 Å². The van der Waals surface area contributed by atoms with E-state index in [9.17, 15) is 19.5 Å². The molecule has 0 spiro atoms. The molecule has 0 bridgehead atoms. The number of aliphatic carboxylic acids is 1. The quantitative estimate of drug-likeness (QED) is 0.409. The van der Waals surface area contributed by atoms with Gasteiger partial charge in [-0.05, 0) is 24.6 Å². The second kappa shape index (κ2) is 9.71. The van der Waals surface area contributed by atoms with Crippen LogP contribution in [0.4, 0.5) is 0 Å². The number of carboxylic acids is 1. The summed E-state index contributed by atoms with van der Waals surface area (Å²) in [6, 6.07) is 15.3. The second-order valence-corrected chi connectivity index (χ2v) is 5.50. The van der Waals surface area contributed by atoms with E-state index in [-0.39, 0.29) is 11.8 Å². The zero-order valence-corrected chi connectivity index (χ0v) is 14.5. The summed E-state index contributed by atoms with van der Waals surface area (Å²) in [5.41, 5.74) is 3.40. The minimum atomic E-state index is -1.36. The molecule has 0 radical (unpaired) electrons. The molecule has 0 heterocycles. The van der Waals surface area contributed by atoms with Crippen LogP contribution in [-0.4, -0.2) is 30.6 Å². The highest BCUT2D eigenvalue weighted by molar-refractivity contribution is 6.35. The lowest BCUT2D eigenvalue weighted by molar-refractivity contribution is -0.307. The Kier molecular flexibility index (Phi) is 7.07. The van der Waals surface area contributed by atoms with Crippen LogP contribution in [-0.2, 0) is 14.4 Å². The fraction of sp³-hybridized carbons (Fsp3) is 0.158. The Hall–Kier alpha value is -3.68. The summed E-state index contributed by atoms with van der Waals surface area (Å²) in [4.78, 5) is 34.2. The average molecular weight is 368 g/mol. The van der Waals surface area contributed by atoms with Crippen LogP contribution in [0.5, 0.6) is 5.75 Å². The molecule has 0 unspecified atom stereocenters. The number of amides is 2. The van der Waals surface area contributed by atoms with Gasteiger partial charge in [0, 0.05) is 5.56 Å². The zero-order chi connectivity index (χ0) is 19.6. The van der Waals surface area contributed by atoms with Crippen molar-refractivity contribution in [2.75, 3.05) is 6.61 Å². The van der Waals surface area contributed by atoms with Crippen molar-refractivity contribution in [3.8, 4) is 5.75 Å². The van der Waals surface area contributed by atoms with Crippen molar-refractivity contribution in [1.29, 1.82) is 0 Å². The molecule has 0 aliphatic heterocycles. The summed E-state index contributed by atoms with van der Waals surface area (Å²) >= 11 is 0. The Morgan fingerprint density at radius 2 is 1.74 bits per heavy atom. The molecule has 0 aliphatic rings. The number of nitrogens with zero attached hydrogens (tertiary/aromatic N) is 1. The number of rotatable bonds is 7. The zero-order valence-electron chi connectivity index (χ0n) is 14.5. The van der Waals surface area contributed by atoms with Gasteiger partial charge in [-0.2, -0.15) is 5.10 Å². The van der Waals surface area contributed by atoms with E-state index >= 15 is 0 Å². The van der Waals surface area contributed by atoms with Gasteiger partial charge in [0.15, 0.2) is 0 Å². The summed E-state index contributed by atoms with van der Waals surface area (Å²) in [6.45, 7) is 1.14. The number of carbonyl (C=O) groups excluding carboxylic acids is 3. The van der Waals surface area contributed by atoms with Crippen LogP contribution in [0.1, 0.15) is 24.1 Å². The van der Waals surface area contributed by atoms with Gasteiger partial charge >= 0.3 is 11.8 Å². The lowest BCUT2D eigenvalue weighted by Gasteiger charge is -2.13. The molecule has 0 aliphatic carbocycles. The predicted molar refractivity (Wildman–Crippen MR) is 95.7 cm³/mol. The molecule has 0 saturated heterocycles. The van der Waals surface area contributed by atoms with Gasteiger partial charge in [-0.25, -0.2) is 5.43 Å². The van der Waals surface area contributed by atoms with Gasteiger partial charge < -0.3 is 20.0 Å². The van der Waals surface area contributed by atoms with Gasteiger partial charge in [0.25, 0.3) is 0 Å². The van der Waals surface area contributed by atoms with E-state index in [1.807, 2.05) is 30.3 Å². The highest BCUT2D eigenvalue weighted by atomic mass is 16.5. The molecule has 1 atom stereocenters. The lowest BCUT2D eigenvalue weighted by Crippen LogP contribution is -2.39. The number of ether oxygens (including phenoxy) is 1. The highest BCUT2D eigenvalue weighted by Crippen LogP contribution is 2.15. The summed E-state index contributed by atoms with van der Waals surface area (Å²) in [5, 5.41) is 16.8. The maximum absolute atomic E-state index is 11.9. The summed E-state index contributed by atoms with van der Waals surface area (Å²) in [5.74, 6) is -2.87. The smallest absolute Gasteiger partial charge is 0.329 e. The first-order valence-corrected chi connectivity index (χ1v) is 8.08. The first kappa shape index (κ1) is 19.6. The molecule has 8 nitrogen and oxygen atoms in total. The molecule has 2 aromatic rings. The van der Waals surface area contributed by atoms with Gasteiger partial charge in [-0.1, -0.05) is 42.5 Å². The summed E-state index contributed by atoms with van der Waals surface area (Å²) in [7, 11) is 0. The number of para-hydroxylation sites is 1. The molecule has 140 valence electrons. The van der Waals surface area contributed by atoms with E-state index < -0.39 is 24.4 Å². The highest BCUT2D eigenvalue weighted by Gasteiger charge is 2.16. The van der Waals surface area contributed by atoms with E-state index in [4.69, 9.17) is 4.74 Å². The molecule has 0 fully saturated rings. The van der Waals surface area contributed by atoms with Crippen LogP contribution < -0.4 is 20.6 Å². The van der Waals surface area contributed by atoms with Crippen molar-refractivity contribution in [3.05, 3.63) is 65.7 Å². The fourth-order valence-corrected chi connectivity index (χ4v) is 2.15. The number of hydrogen-bond donors (Lipinski definition) is 2. The van der Waals surface area contributed by atoms with Crippen LogP contribution in [0.3, 0.4) is 0 Å². The minimum absolute atomic E-state index is 0.252. The number of hydrazone groups is 1. The average Bonchev–Trinajstić information content (AvgIpc) is 2.67. The molecule has 2 rings (SSSR count). The maximum Gasteiger partial charge on any atom is 0.329 e. The Morgan fingerprint density at radius 3 is 2.44 bits per heavy atom. The third-order valence-corrected chi connectivity index (χ3v) is 3.49. The summed E-state index contributed by atoms with van der Waals surface area (Å²) < 4.78 is 5.06. The van der Waals surface area contributed by atoms with Crippen LogP contribution in [0, 0.1) is 0 Å². The first-order valence-electron chi connectivity index (χ1n) is 8.08. The molecule has 0 saturated carbocycles. The lowest BCUT2D eigenvalue weighted by atomic mass is 10.1. The van der Waals surface area contributed by atoms with Crippen molar-refractivity contribution in [1.82, 2.24) is 10.7 Å². The molecular weight excluding hydrogens is 350 g/mol. The maximum atomic E-state index is 11.9. The molecule has 2 aromatic carbocycles. The number of carboxylic acid groups (broad SMARTS) is 1. The molecular formula is C19H18N3O5-. The van der Waals surface area contributed by atoms with Crippen molar-refractivity contribution in [3.63, 3.8) is 0 Å². The standard InChI is InChI=1S/C19H19N3O5/c1-13(14-7-3-2-4-8-14)21-18(25)19(26)22-20-11-15-9-5-6-10-16(15)27-12-17(23)24/h2-11,13H,12H2,1H3,(H,21,25)(H,22,26)(H,23,24)/p-1/b20-11-/t13-/m0/s1. The normalized spacial score (nSPS) is 11.6. The third-order valence-electron chi connectivity index (χ3n) is 3.49. The summed E-state index contributed by atoms with van der Waals surface area (Å²) in [6.07, 6.45) is 1.25. The minimum Gasteiger partial charge on any atom is -0.546 e. The van der Waals surface area contributed by atoms with Gasteiger partial charge in [-0.15, -0.1) is 0 Å². The number of hydrogen-bond acceptors (Lipinski definition) is 6. The van der Waals surface area contributed by atoms with Gasteiger partial charge in [0.1, 0.15) is 12.4 Å². The Morgan fingerprint density at radius 1 is 1.07 bits per heavy atom. The van der Waals surface area contributed by atoms with E-state index in [1.54, 1.807) is 31.2 Å². The Balaban J connectivity index is 1.91. The number of benzene rings is 2. The topological polar surface area (TPSA) is 120 Å². The molecule has 27 heavy (non-hydrogen) atoms. The van der Waals surface area contributed by atoms with Crippen molar-refractivity contribution in [2.24, 2.45) is 5.10 Å². The fourth-order valence-electron chi connectivity index (χ4n) is 2.15. The first-order chi connectivity index (χ1) is 13.0. The van der Waals surface area contributed by atoms with Crippen molar-refractivity contribution in [2.45, 2.75) is 13.0 Å². The van der Waals surface area contributed by atoms with Crippen molar-refractivity contribution >= 4 is 24.0 Å². The number of carbonyl (C=O) groups is 3. The number of nitrogens with one attached hydrogen (secondary N) is 2. The molecule has 2 N–H and O–H groups in total. The van der Waals surface area contributed by atoms with E-state index in [1.165, 1.54) is 6.21 Å². The van der Waals surface area contributed by atoms with Crippen LogP contribution in [0.2, 0.25) is 0 Å². The third kappa shape index (κ3) is 6.28. The van der Waals surface area contributed by atoms with Gasteiger partial charge in [0.05, 0.1) is 18.2 Å². The van der Waals surface area contributed by atoms with E-state index in [0.29, 0.717) is 5.56 Å². The van der Waals surface area contributed by atoms with Crippen LogP contribution in [0.15, 0.2) is 59.7 Å². The van der Waals surface area contributed by atoms with Gasteiger partial charge in [0.2, 0.25) is 0 Å². The monoisotopic (exact) mass is 368 g/mol. The largest absolute Gasteiger partial charge is 0.546 e. The predicted octanol–water partition coefficient (Wildman–Crippen LogP) is 0.143.